The van der Waals surface area contributed by atoms with Crippen LogP contribution >= 0.6 is 11.3 Å². The van der Waals surface area contributed by atoms with Crippen molar-refractivity contribution >= 4 is 17.2 Å². The van der Waals surface area contributed by atoms with Crippen molar-refractivity contribution in [2.24, 2.45) is 17.6 Å². The zero-order valence-electron chi connectivity index (χ0n) is 13.3. The molecular weight excluding hydrogens is 338 g/mol. The molecule has 1 fully saturated rings. The fraction of sp³-hybridized carbons (Fsp3) is 0.688. The fourth-order valence-corrected chi connectivity index (χ4v) is 4.16. The quantitative estimate of drug-likeness (QED) is 0.442. The van der Waals surface area contributed by atoms with E-state index in [1.54, 1.807) is 5.48 Å². The molecule has 0 radical (unpaired) electrons. The molecule has 0 aromatic carbocycles. The van der Waals surface area contributed by atoms with E-state index in [-0.39, 0.29) is 12.8 Å². The minimum absolute atomic E-state index is 0.0420. The topological polar surface area (TPSA) is 95.6 Å². The van der Waals surface area contributed by atoms with Crippen LogP contribution in [-0.2, 0) is 11.2 Å². The number of carbonyl (C=O) groups is 1. The molecule has 0 saturated heterocycles. The first-order valence-electron chi connectivity index (χ1n) is 8.10. The molecular formula is C16H24F2N2O3S. The van der Waals surface area contributed by atoms with E-state index in [4.69, 9.17) is 10.9 Å². The minimum Gasteiger partial charge on any atom is -0.391 e. The van der Waals surface area contributed by atoms with Crippen molar-refractivity contribution in [2.45, 2.75) is 56.6 Å². The first-order valence-corrected chi connectivity index (χ1v) is 8.98. The molecule has 136 valence electrons. The summed E-state index contributed by atoms with van der Waals surface area (Å²) in [6, 6.07) is 3.18. The largest absolute Gasteiger partial charge is 0.391 e. The Morgan fingerprint density at radius 3 is 2.88 bits per heavy atom. The summed E-state index contributed by atoms with van der Waals surface area (Å²) in [5.41, 5.74) is 7.54. The number of carbonyl (C=O) groups excluding carboxylic acids is 1. The van der Waals surface area contributed by atoms with Gasteiger partial charge in [0.05, 0.1) is 6.10 Å². The molecule has 1 aromatic heterocycles. The Hall–Kier alpha value is -1.09. The van der Waals surface area contributed by atoms with Crippen molar-refractivity contribution in [3.05, 3.63) is 22.4 Å². The highest BCUT2D eigenvalue weighted by Gasteiger charge is 2.42. The maximum Gasteiger partial charge on any atom is 0.248 e. The monoisotopic (exact) mass is 362 g/mol. The molecule has 2 rings (SSSR count). The van der Waals surface area contributed by atoms with Gasteiger partial charge in [0.1, 0.15) is 0 Å². The number of hydrogen-bond donors (Lipinski definition) is 4. The molecule has 4 atom stereocenters. The number of nitrogens with two attached hydrogens (primary N) is 1. The minimum atomic E-state index is -2.80. The number of alkyl halides is 2. The molecule has 0 spiro atoms. The summed E-state index contributed by atoms with van der Waals surface area (Å²) >= 11 is 1.52. The van der Waals surface area contributed by atoms with Crippen molar-refractivity contribution in [1.82, 2.24) is 5.48 Å². The van der Waals surface area contributed by atoms with Gasteiger partial charge in [-0.25, -0.2) is 14.3 Å². The maximum absolute atomic E-state index is 13.7. The predicted octanol–water partition coefficient (Wildman–Crippen LogP) is 2.32. The lowest BCUT2D eigenvalue weighted by Crippen LogP contribution is -2.44. The Balaban J connectivity index is 2.01. The van der Waals surface area contributed by atoms with Crippen LogP contribution in [-0.4, -0.2) is 34.3 Å². The lowest BCUT2D eigenvalue weighted by atomic mass is 9.75. The smallest absolute Gasteiger partial charge is 0.248 e. The second-order valence-corrected chi connectivity index (χ2v) is 7.58. The van der Waals surface area contributed by atoms with Gasteiger partial charge in [-0.2, -0.15) is 0 Å². The summed E-state index contributed by atoms with van der Waals surface area (Å²) in [6.45, 7) is 0. The highest BCUT2D eigenvalue weighted by atomic mass is 32.1. The summed E-state index contributed by atoms with van der Waals surface area (Å²) < 4.78 is 27.3. The van der Waals surface area contributed by atoms with Crippen LogP contribution in [0.2, 0.25) is 0 Å². The molecule has 5 nitrogen and oxygen atoms in total. The Labute approximate surface area is 143 Å². The molecule has 1 aliphatic rings. The summed E-state index contributed by atoms with van der Waals surface area (Å²) in [5.74, 6) is -5.00. The number of amides is 1. The van der Waals surface area contributed by atoms with Crippen LogP contribution in [0.25, 0.3) is 0 Å². The molecule has 1 heterocycles. The first kappa shape index (κ1) is 19.2. The van der Waals surface area contributed by atoms with Crippen LogP contribution in [0.5, 0.6) is 0 Å². The van der Waals surface area contributed by atoms with Crippen molar-refractivity contribution in [1.29, 1.82) is 0 Å². The molecule has 4 unspecified atom stereocenters. The molecule has 24 heavy (non-hydrogen) atoms. The molecule has 8 heteroatoms. The molecule has 1 aromatic rings. The third-order valence-corrected chi connectivity index (χ3v) is 5.60. The van der Waals surface area contributed by atoms with Gasteiger partial charge in [-0.05, 0) is 43.0 Å². The third kappa shape index (κ3) is 5.20. The fourth-order valence-electron chi connectivity index (χ4n) is 3.38. The van der Waals surface area contributed by atoms with Gasteiger partial charge in [0.2, 0.25) is 11.8 Å². The summed E-state index contributed by atoms with van der Waals surface area (Å²) in [7, 11) is 0. The number of nitrogens with one attached hydrogen (secondary N) is 1. The number of aliphatic hydroxyl groups excluding tert-OH is 1. The molecule has 0 bridgehead atoms. The maximum atomic E-state index is 13.7. The molecule has 1 saturated carbocycles. The van der Waals surface area contributed by atoms with Crippen LogP contribution in [0.15, 0.2) is 17.5 Å². The predicted molar refractivity (Wildman–Crippen MR) is 86.9 cm³/mol. The van der Waals surface area contributed by atoms with Crippen LogP contribution in [0, 0.1) is 11.8 Å². The zero-order valence-corrected chi connectivity index (χ0v) is 14.1. The Morgan fingerprint density at radius 1 is 1.54 bits per heavy atom. The van der Waals surface area contributed by atoms with E-state index in [9.17, 15) is 18.7 Å². The number of hydrogen-bond acceptors (Lipinski definition) is 5. The van der Waals surface area contributed by atoms with Crippen LogP contribution in [0.3, 0.4) is 0 Å². The van der Waals surface area contributed by atoms with Crippen LogP contribution in [0.1, 0.15) is 37.0 Å². The number of thiophene rings is 1. The van der Waals surface area contributed by atoms with Gasteiger partial charge in [0.15, 0.2) is 0 Å². The van der Waals surface area contributed by atoms with Gasteiger partial charge in [-0.15, -0.1) is 11.3 Å². The van der Waals surface area contributed by atoms with E-state index in [0.717, 1.165) is 4.88 Å². The second-order valence-electron chi connectivity index (χ2n) is 6.55. The lowest BCUT2D eigenvalue weighted by molar-refractivity contribution is -0.140. The normalized spacial score (nSPS) is 24.1. The Bertz CT molecular complexity index is 527. The summed E-state index contributed by atoms with van der Waals surface area (Å²) in [6.07, 6.45) is -0.391. The molecule has 1 aliphatic carbocycles. The summed E-state index contributed by atoms with van der Waals surface area (Å²) in [4.78, 5) is 12.9. The van der Waals surface area contributed by atoms with Crippen molar-refractivity contribution < 1.29 is 23.9 Å². The van der Waals surface area contributed by atoms with Crippen LogP contribution in [0.4, 0.5) is 8.78 Å². The Kier molecular flexibility index (Phi) is 6.68. The van der Waals surface area contributed by atoms with Gasteiger partial charge < -0.3 is 10.8 Å². The van der Waals surface area contributed by atoms with E-state index in [2.05, 4.69) is 0 Å². The number of halogens is 2. The van der Waals surface area contributed by atoms with Gasteiger partial charge in [-0.3, -0.25) is 10.0 Å². The van der Waals surface area contributed by atoms with E-state index in [1.165, 1.54) is 11.3 Å². The molecule has 5 N–H and O–H groups in total. The SMILES string of the molecule is NC(Cc1cccs1)C(O)CC(C(=O)NO)C1CCCC(F)(F)C1. The average molecular weight is 362 g/mol. The first-order chi connectivity index (χ1) is 11.3. The zero-order chi connectivity index (χ0) is 17.7. The van der Waals surface area contributed by atoms with E-state index < -0.39 is 42.2 Å². The standard InChI is InChI=1S/C16H24F2N2O3S/c17-16(18)5-1-3-10(9-16)12(15(22)20-23)8-14(21)13(19)7-11-4-2-6-24-11/h2,4,6,10,12-14,21,23H,1,3,5,7-9,19H2,(H,20,22). The van der Waals surface area contributed by atoms with Gasteiger partial charge in [0.25, 0.3) is 0 Å². The number of rotatable bonds is 7. The second kappa shape index (κ2) is 8.33. The van der Waals surface area contributed by atoms with Crippen molar-refractivity contribution in [3.63, 3.8) is 0 Å². The summed E-state index contributed by atoms with van der Waals surface area (Å²) in [5, 5.41) is 21.2. The van der Waals surface area contributed by atoms with Crippen molar-refractivity contribution in [2.75, 3.05) is 0 Å². The van der Waals surface area contributed by atoms with Crippen LogP contribution < -0.4 is 11.2 Å². The van der Waals surface area contributed by atoms with E-state index >= 15 is 0 Å². The van der Waals surface area contributed by atoms with E-state index in [1.807, 2.05) is 17.5 Å². The van der Waals surface area contributed by atoms with Gasteiger partial charge >= 0.3 is 0 Å². The number of aliphatic hydroxyl groups is 1. The Morgan fingerprint density at radius 2 is 2.29 bits per heavy atom. The van der Waals surface area contributed by atoms with Crippen molar-refractivity contribution in [3.8, 4) is 0 Å². The van der Waals surface area contributed by atoms with Gasteiger partial charge in [0, 0.05) is 29.7 Å². The third-order valence-electron chi connectivity index (χ3n) is 4.70. The lowest BCUT2D eigenvalue weighted by Gasteiger charge is -2.34. The number of hydroxylamine groups is 1. The highest BCUT2D eigenvalue weighted by Crippen LogP contribution is 2.41. The molecule has 0 aliphatic heterocycles. The van der Waals surface area contributed by atoms with Gasteiger partial charge in [-0.1, -0.05) is 6.07 Å². The highest BCUT2D eigenvalue weighted by molar-refractivity contribution is 7.09. The van der Waals surface area contributed by atoms with E-state index in [0.29, 0.717) is 19.3 Å². The molecule has 1 amide bonds. The average Bonchev–Trinajstić information content (AvgIpc) is 3.03.